The number of hydrogen-bond acceptors (Lipinski definition) is 3. The molecule has 5 nitrogen and oxygen atoms in total. The number of hydrogen-bond donors (Lipinski definition) is 0. The summed E-state index contributed by atoms with van der Waals surface area (Å²) in [6, 6.07) is 24.5. The predicted octanol–water partition coefficient (Wildman–Crippen LogP) is 5.23. The Kier molecular flexibility index (Phi) is 5.76. The molecule has 0 radical (unpaired) electrons. The molecule has 0 spiro atoms. The van der Waals surface area contributed by atoms with Gasteiger partial charge in [-0.25, -0.2) is 0 Å². The number of nitrogens with zero attached hydrogens (tertiary/aromatic N) is 2. The van der Waals surface area contributed by atoms with Crippen molar-refractivity contribution in [1.82, 2.24) is 0 Å². The number of anilines is 2. The lowest BCUT2D eigenvalue weighted by Crippen LogP contribution is -2.47. The summed E-state index contributed by atoms with van der Waals surface area (Å²) in [4.78, 5) is 29.8. The van der Waals surface area contributed by atoms with Crippen molar-refractivity contribution < 1.29 is 14.3 Å². The third-order valence-electron chi connectivity index (χ3n) is 5.80. The number of para-hydroxylation sites is 2. The van der Waals surface area contributed by atoms with Gasteiger partial charge >= 0.3 is 0 Å². The minimum atomic E-state index is -0.196. The Labute approximate surface area is 182 Å². The molecule has 4 rings (SSSR count). The van der Waals surface area contributed by atoms with Crippen molar-refractivity contribution in [2.45, 2.75) is 32.4 Å². The Hall–Kier alpha value is -3.60. The number of rotatable bonds is 4. The molecule has 158 valence electrons. The number of amides is 2. The summed E-state index contributed by atoms with van der Waals surface area (Å²) in [7, 11) is 1.61. The summed E-state index contributed by atoms with van der Waals surface area (Å²) in [6.45, 7) is 3.62. The van der Waals surface area contributed by atoms with Crippen LogP contribution >= 0.6 is 0 Å². The minimum absolute atomic E-state index is 0.00569. The van der Waals surface area contributed by atoms with Crippen LogP contribution in [0.2, 0.25) is 0 Å². The van der Waals surface area contributed by atoms with E-state index >= 15 is 0 Å². The lowest BCUT2D eigenvalue weighted by atomic mass is 9.89. The predicted molar refractivity (Wildman–Crippen MR) is 123 cm³/mol. The Bertz CT molecular complexity index is 1080. The topological polar surface area (TPSA) is 49.9 Å². The molecule has 0 N–H and O–H groups in total. The van der Waals surface area contributed by atoms with Crippen molar-refractivity contribution >= 4 is 23.2 Å². The Morgan fingerprint density at radius 1 is 0.935 bits per heavy atom. The van der Waals surface area contributed by atoms with Crippen LogP contribution < -0.4 is 14.5 Å². The molecular weight excluding hydrogens is 388 g/mol. The van der Waals surface area contributed by atoms with Crippen LogP contribution in [0.25, 0.3) is 0 Å². The van der Waals surface area contributed by atoms with E-state index in [0.717, 1.165) is 16.9 Å². The van der Waals surface area contributed by atoms with Crippen molar-refractivity contribution in [2.24, 2.45) is 0 Å². The van der Waals surface area contributed by atoms with Crippen molar-refractivity contribution in [3.8, 4) is 5.75 Å². The third-order valence-corrected chi connectivity index (χ3v) is 5.80. The fourth-order valence-electron chi connectivity index (χ4n) is 4.41. The van der Waals surface area contributed by atoms with E-state index in [-0.39, 0.29) is 23.9 Å². The van der Waals surface area contributed by atoms with Crippen molar-refractivity contribution in [1.29, 1.82) is 0 Å². The number of benzene rings is 3. The molecule has 5 heteroatoms. The van der Waals surface area contributed by atoms with E-state index < -0.39 is 0 Å². The molecule has 1 aliphatic heterocycles. The number of ether oxygens (including phenoxy) is 1. The van der Waals surface area contributed by atoms with Gasteiger partial charge in [0.2, 0.25) is 5.91 Å². The first-order valence-electron chi connectivity index (χ1n) is 10.4. The Balaban J connectivity index is 1.83. The van der Waals surface area contributed by atoms with Crippen LogP contribution in [0.1, 0.15) is 42.2 Å². The van der Waals surface area contributed by atoms with E-state index in [9.17, 15) is 9.59 Å². The van der Waals surface area contributed by atoms with Crippen molar-refractivity contribution in [2.75, 3.05) is 16.9 Å². The van der Waals surface area contributed by atoms with E-state index in [0.29, 0.717) is 17.7 Å². The first-order valence-corrected chi connectivity index (χ1v) is 10.4. The standard InChI is InChI=1S/C26H26N2O3/c1-18-17-25(23-11-7-8-12-24(23)27(18)19(2)29)28(21-9-5-4-6-10-21)26(30)20-13-15-22(31-3)16-14-20/h4-16,18,25H,17H2,1-3H3/t18-,25-/m1/s1. The molecule has 0 saturated heterocycles. The molecule has 0 fully saturated rings. The van der Waals surface area contributed by atoms with E-state index in [1.165, 1.54) is 0 Å². The van der Waals surface area contributed by atoms with E-state index in [1.807, 2.05) is 71.3 Å². The molecule has 0 saturated carbocycles. The lowest BCUT2D eigenvalue weighted by Gasteiger charge is -2.43. The molecular formula is C26H26N2O3. The molecule has 1 heterocycles. The summed E-state index contributed by atoms with van der Waals surface area (Å²) in [6.07, 6.45) is 0.646. The van der Waals surface area contributed by atoms with Gasteiger partial charge in [-0.15, -0.1) is 0 Å². The summed E-state index contributed by atoms with van der Waals surface area (Å²) in [5, 5.41) is 0. The van der Waals surface area contributed by atoms with Crippen molar-refractivity contribution in [3.63, 3.8) is 0 Å². The van der Waals surface area contributed by atoms with E-state index in [2.05, 4.69) is 0 Å². The molecule has 2 amide bonds. The van der Waals surface area contributed by atoms with Crippen LogP contribution in [0.15, 0.2) is 78.9 Å². The highest BCUT2D eigenvalue weighted by Crippen LogP contribution is 2.42. The second-order valence-electron chi connectivity index (χ2n) is 7.79. The molecule has 1 aliphatic rings. The van der Waals surface area contributed by atoms with Crippen LogP contribution in [0.3, 0.4) is 0 Å². The lowest BCUT2D eigenvalue weighted by molar-refractivity contribution is -0.117. The molecule has 0 bridgehead atoms. The van der Waals surface area contributed by atoms with Gasteiger partial charge in [0.1, 0.15) is 5.75 Å². The van der Waals surface area contributed by atoms with Crippen LogP contribution in [-0.2, 0) is 4.79 Å². The van der Waals surface area contributed by atoms with Crippen LogP contribution in [0, 0.1) is 0 Å². The second kappa shape index (κ2) is 8.64. The summed E-state index contributed by atoms with van der Waals surface area (Å²) in [5.74, 6) is 0.625. The number of methoxy groups -OCH3 is 1. The van der Waals surface area contributed by atoms with Crippen LogP contribution in [-0.4, -0.2) is 25.0 Å². The van der Waals surface area contributed by atoms with Crippen LogP contribution in [0.4, 0.5) is 11.4 Å². The van der Waals surface area contributed by atoms with Gasteiger partial charge in [0, 0.05) is 29.9 Å². The Morgan fingerprint density at radius 3 is 2.23 bits per heavy atom. The van der Waals surface area contributed by atoms with Gasteiger partial charge in [-0.3, -0.25) is 9.59 Å². The van der Waals surface area contributed by atoms with Crippen LogP contribution in [0.5, 0.6) is 5.75 Å². The number of carbonyl (C=O) groups is 2. The molecule has 0 aromatic heterocycles. The zero-order valence-electron chi connectivity index (χ0n) is 18.0. The van der Waals surface area contributed by atoms with Gasteiger partial charge in [-0.2, -0.15) is 0 Å². The van der Waals surface area contributed by atoms with Crippen molar-refractivity contribution in [3.05, 3.63) is 90.0 Å². The fraction of sp³-hybridized carbons (Fsp3) is 0.231. The minimum Gasteiger partial charge on any atom is -0.497 e. The SMILES string of the molecule is COc1ccc(C(=O)N(c2ccccc2)[C@@H]2C[C@@H](C)N(C(C)=O)c3ccccc32)cc1. The van der Waals surface area contributed by atoms with Gasteiger partial charge in [0.05, 0.1) is 13.2 Å². The third kappa shape index (κ3) is 3.91. The highest BCUT2D eigenvalue weighted by atomic mass is 16.5. The van der Waals surface area contributed by atoms with E-state index in [1.54, 1.807) is 38.3 Å². The first-order chi connectivity index (χ1) is 15.0. The molecule has 3 aromatic rings. The largest absolute Gasteiger partial charge is 0.497 e. The zero-order chi connectivity index (χ0) is 22.0. The molecule has 3 aromatic carbocycles. The normalized spacial score (nSPS) is 17.6. The highest BCUT2D eigenvalue weighted by Gasteiger charge is 2.37. The number of fused-ring (bicyclic) bond motifs is 1. The maximum absolute atomic E-state index is 13.8. The van der Waals surface area contributed by atoms with Gasteiger partial charge in [-0.05, 0) is 61.4 Å². The van der Waals surface area contributed by atoms with E-state index in [4.69, 9.17) is 4.74 Å². The average Bonchev–Trinajstić information content (AvgIpc) is 2.79. The molecule has 0 aliphatic carbocycles. The second-order valence-corrected chi connectivity index (χ2v) is 7.79. The van der Waals surface area contributed by atoms with Gasteiger partial charge in [-0.1, -0.05) is 36.4 Å². The summed E-state index contributed by atoms with van der Waals surface area (Å²) >= 11 is 0. The maximum Gasteiger partial charge on any atom is 0.258 e. The number of carbonyl (C=O) groups excluding carboxylic acids is 2. The zero-order valence-corrected chi connectivity index (χ0v) is 18.0. The first kappa shape index (κ1) is 20.7. The smallest absolute Gasteiger partial charge is 0.258 e. The average molecular weight is 415 g/mol. The fourth-order valence-corrected chi connectivity index (χ4v) is 4.41. The van der Waals surface area contributed by atoms with Gasteiger partial charge in [0.25, 0.3) is 5.91 Å². The quantitative estimate of drug-likeness (QED) is 0.587. The van der Waals surface area contributed by atoms with Gasteiger partial charge < -0.3 is 14.5 Å². The molecule has 31 heavy (non-hydrogen) atoms. The summed E-state index contributed by atoms with van der Waals surface area (Å²) in [5.41, 5.74) is 3.25. The summed E-state index contributed by atoms with van der Waals surface area (Å²) < 4.78 is 5.24. The maximum atomic E-state index is 13.8. The molecule has 0 unspecified atom stereocenters. The monoisotopic (exact) mass is 414 g/mol. The van der Waals surface area contributed by atoms with Gasteiger partial charge in [0.15, 0.2) is 0 Å². The molecule has 2 atom stereocenters. The Morgan fingerprint density at radius 2 is 1.58 bits per heavy atom. The highest BCUT2D eigenvalue weighted by molar-refractivity contribution is 6.07.